The highest BCUT2D eigenvalue weighted by atomic mass is 32.1. The Balaban J connectivity index is 1.64. The van der Waals surface area contributed by atoms with Crippen LogP contribution >= 0.6 is 11.3 Å². The number of rotatable bonds is 4. The van der Waals surface area contributed by atoms with Crippen LogP contribution in [0.15, 0.2) is 53.9 Å². The third kappa shape index (κ3) is 3.86. The highest BCUT2D eigenvalue weighted by Crippen LogP contribution is 2.24. The molecule has 0 radical (unpaired) electrons. The Hall–Kier alpha value is -2.97. The lowest BCUT2D eigenvalue weighted by Crippen LogP contribution is -2.14. The fourth-order valence-electron chi connectivity index (χ4n) is 2.21. The fraction of sp³-hybridized carbons (Fsp3) is 0.105. The first kappa shape index (κ1) is 15.9. The van der Waals surface area contributed by atoms with Crippen LogP contribution in [-0.4, -0.2) is 10.9 Å². The number of amides is 1. The van der Waals surface area contributed by atoms with Crippen LogP contribution in [0.5, 0.6) is 0 Å². The summed E-state index contributed by atoms with van der Waals surface area (Å²) < 4.78 is 0. The Morgan fingerprint density at radius 3 is 2.54 bits per heavy atom. The molecular formula is C19H15N3OS. The van der Waals surface area contributed by atoms with E-state index in [0.717, 1.165) is 16.3 Å². The number of nitriles is 1. The van der Waals surface area contributed by atoms with Gasteiger partial charge in [0.2, 0.25) is 5.91 Å². The van der Waals surface area contributed by atoms with Crippen molar-refractivity contribution in [1.82, 2.24) is 4.98 Å². The zero-order valence-corrected chi connectivity index (χ0v) is 13.9. The van der Waals surface area contributed by atoms with Gasteiger partial charge in [-0.3, -0.25) is 4.79 Å². The lowest BCUT2D eigenvalue weighted by Gasteiger charge is -2.03. The average Bonchev–Trinajstić information content (AvgIpc) is 3.04. The molecule has 1 N–H and O–H groups in total. The zero-order chi connectivity index (χ0) is 16.9. The molecule has 1 heterocycles. The van der Waals surface area contributed by atoms with E-state index in [1.54, 1.807) is 24.3 Å². The lowest BCUT2D eigenvalue weighted by molar-refractivity contribution is -0.115. The Morgan fingerprint density at radius 2 is 1.88 bits per heavy atom. The quantitative estimate of drug-likeness (QED) is 0.779. The Bertz CT molecular complexity index is 890. The van der Waals surface area contributed by atoms with Gasteiger partial charge < -0.3 is 5.32 Å². The summed E-state index contributed by atoms with van der Waals surface area (Å²) in [4.78, 5) is 16.6. The summed E-state index contributed by atoms with van der Waals surface area (Å²) in [5, 5.41) is 14.4. The number of anilines is 1. The molecule has 118 valence electrons. The van der Waals surface area contributed by atoms with E-state index < -0.39 is 0 Å². The van der Waals surface area contributed by atoms with Gasteiger partial charge in [0, 0.05) is 16.6 Å². The van der Waals surface area contributed by atoms with Gasteiger partial charge >= 0.3 is 0 Å². The number of carbonyl (C=O) groups excluding carboxylic acids is 1. The number of aromatic nitrogens is 1. The Morgan fingerprint density at radius 1 is 1.17 bits per heavy atom. The first-order chi connectivity index (χ1) is 11.6. The Labute approximate surface area is 144 Å². The Kier molecular flexibility index (Phi) is 4.69. The number of benzene rings is 2. The van der Waals surface area contributed by atoms with E-state index in [1.165, 1.54) is 16.9 Å². The van der Waals surface area contributed by atoms with Crippen molar-refractivity contribution in [2.24, 2.45) is 0 Å². The average molecular weight is 333 g/mol. The third-order valence-electron chi connectivity index (χ3n) is 3.49. The van der Waals surface area contributed by atoms with Crippen molar-refractivity contribution in [2.45, 2.75) is 13.3 Å². The van der Waals surface area contributed by atoms with Gasteiger partial charge in [0.05, 0.1) is 23.7 Å². The molecular weight excluding hydrogens is 318 g/mol. The molecule has 1 amide bonds. The maximum Gasteiger partial charge on any atom is 0.230 e. The molecule has 0 bridgehead atoms. The minimum absolute atomic E-state index is 0.125. The third-order valence-corrected chi connectivity index (χ3v) is 4.43. The van der Waals surface area contributed by atoms with Crippen molar-refractivity contribution in [2.75, 3.05) is 5.32 Å². The number of nitrogens with one attached hydrogen (secondary N) is 1. The van der Waals surface area contributed by atoms with Crippen molar-refractivity contribution in [3.05, 3.63) is 70.7 Å². The smallest absolute Gasteiger partial charge is 0.230 e. The maximum absolute atomic E-state index is 12.1. The number of hydrogen-bond donors (Lipinski definition) is 1. The molecule has 0 spiro atoms. The molecule has 24 heavy (non-hydrogen) atoms. The van der Waals surface area contributed by atoms with Crippen molar-refractivity contribution in [3.63, 3.8) is 0 Å². The SMILES string of the molecule is Cc1ccc(-c2nc(CC(=O)Nc3ccc(C#N)cc3)cs2)cc1. The molecule has 0 aliphatic carbocycles. The van der Waals surface area contributed by atoms with Crippen LogP contribution in [0, 0.1) is 18.3 Å². The highest BCUT2D eigenvalue weighted by molar-refractivity contribution is 7.13. The molecule has 0 saturated carbocycles. The predicted molar refractivity (Wildman–Crippen MR) is 95.8 cm³/mol. The summed E-state index contributed by atoms with van der Waals surface area (Å²) in [5.74, 6) is -0.125. The minimum atomic E-state index is -0.125. The number of carbonyl (C=O) groups is 1. The molecule has 3 rings (SSSR count). The number of nitrogens with zero attached hydrogens (tertiary/aromatic N) is 2. The van der Waals surface area contributed by atoms with Gasteiger partial charge in [0.25, 0.3) is 0 Å². The van der Waals surface area contributed by atoms with E-state index in [0.29, 0.717) is 11.3 Å². The number of hydrogen-bond acceptors (Lipinski definition) is 4. The van der Waals surface area contributed by atoms with Gasteiger partial charge in [-0.25, -0.2) is 4.98 Å². The van der Waals surface area contributed by atoms with E-state index in [1.807, 2.05) is 42.6 Å². The van der Waals surface area contributed by atoms with Gasteiger partial charge in [0.1, 0.15) is 5.01 Å². The first-order valence-electron chi connectivity index (χ1n) is 7.45. The molecule has 0 atom stereocenters. The van der Waals surface area contributed by atoms with E-state index in [-0.39, 0.29) is 12.3 Å². The summed E-state index contributed by atoms with van der Waals surface area (Å²) in [6.07, 6.45) is 0.225. The maximum atomic E-state index is 12.1. The van der Waals surface area contributed by atoms with Gasteiger partial charge in [0.15, 0.2) is 0 Å². The molecule has 2 aromatic carbocycles. The van der Waals surface area contributed by atoms with Crippen molar-refractivity contribution in [3.8, 4) is 16.6 Å². The van der Waals surface area contributed by atoms with Crippen LogP contribution in [0.25, 0.3) is 10.6 Å². The second-order valence-electron chi connectivity index (χ2n) is 5.42. The molecule has 0 fully saturated rings. The van der Waals surface area contributed by atoms with Crippen LogP contribution < -0.4 is 5.32 Å². The second kappa shape index (κ2) is 7.07. The number of aryl methyl sites for hydroxylation is 1. The van der Waals surface area contributed by atoms with Crippen LogP contribution in [0.4, 0.5) is 5.69 Å². The van der Waals surface area contributed by atoms with Gasteiger partial charge in [-0.1, -0.05) is 29.8 Å². The molecule has 5 heteroatoms. The van der Waals surface area contributed by atoms with Crippen LogP contribution in [0.2, 0.25) is 0 Å². The number of thiazole rings is 1. The van der Waals surface area contributed by atoms with E-state index >= 15 is 0 Å². The topological polar surface area (TPSA) is 65.8 Å². The summed E-state index contributed by atoms with van der Waals surface area (Å²) in [6, 6.07) is 17.0. The van der Waals surface area contributed by atoms with Crippen LogP contribution in [0.1, 0.15) is 16.8 Å². The zero-order valence-electron chi connectivity index (χ0n) is 13.1. The summed E-state index contributed by atoms with van der Waals surface area (Å²) in [5.41, 5.74) is 4.26. The second-order valence-corrected chi connectivity index (χ2v) is 6.28. The molecule has 0 saturated heterocycles. The van der Waals surface area contributed by atoms with E-state index in [9.17, 15) is 4.79 Å². The largest absolute Gasteiger partial charge is 0.326 e. The highest BCUT2D eigenvalue weighted by Gasteiger charge is 2.09. The van der Waals surface area contributed by atoms with Crippen molar-refractivity contribution < 1.29 is 4.79 Å². The first-order valence-corrected chi connectivity index (χ1v) is 8.33. The van der Waals surface area contributed by atoms with E-state index in [2.05, 4.69) is 10.3 Å². The van der Waals surface area contributed by atoms with Gasteiger partial charge in [-0.05, 0) is 31.2 Å². The van der Waals surface area contributed by atoms with Gasteiger partial charge in [-0.2, -0.15) is 5.26 Å². The standard InChI is InChI=1S/C19H15N3OS/c1-13-2-6-15(7-3-13)19-22-17(12-24-19)10-18(23)21-16-8-4-14(11-20)5-9-16/h2-9,12H,10H2,1H3,(H,21,23). The predicted octanol–water partition coefficient (Wildman–Crippen LogP) is 4.17. The van der Waals surface area contributed by atoms with Crippen molar-refractivity contribution >= 4 is 22.9 Å². The summed E-state index contributed by atoms with van der Waals surface area (Å²) >= 11 is 1.53. The molecule has 0 aliphatic heterocycles. The van der Waals surface area contributed by atoms with Gasteiger partial charge in [-0.15, -0.1) is 11.3 Å². The molecule has 1 aromatic heterocycles. The van der Waals surface area contributed by atoms with E-state index in [4.69, 9.17) is 5.26 Å². The van der Waals surface area contributed by atoms with Crippen LogP contribution in [0.3, 0.4) is 0 Å². The molecule has 3 aromatic rings. The van der Waals surface area contributed by atoms with Crippen molar-refractivity contribution in [1.29, 1.82) is 5.26 Å². The monoisotopic (exact) mass is 333 g/mol. The fourth-order valence-corrected chi connectivity index (χ4v) is 3.04. The summed E-state index contributed by atoms with van der Waals surface area (Å²) in [7, 11) is 0. The molecule has 4 nitrogen and oxygen atoms in total. The summed E-state index contributed by atoms with van der Waals surface area (Å²) in [6.45, 7) is 2.05. The minimum Gasteiger partial charge on any atom is -0.326 e. The molecule has 0 unspecified atom stereocenters. The van der Waals surface area contributed by atoms with Crippen LogP contribution in [-0.2, 0) is 11.2 Å². The lowest BCUT2D eigenvalue weighted by atomic mass is 10.2. The molecule has 0 aliphatic rings. The normalized spacial score (nSPS) is 10.2.